The van der Waals surface area contributed by atoms with E-state index in [1.165, 1.54) is 0 Å². The Morgan fingerprint density at radius 1 is 1.20 bits per heavy atom. The standard InChI is InChI=1S/C18H21N3O3S/c1-21(16-4-2-3-9-19-16)10-11-24-14-7-5-13(6-8-14)12-15-17(22)20-18(23)25-15/h2-9,15-16,19H,10-12H2,1H3,(H,20,22,23)/t15-,16?/m1/s1. The van der Waals surface area contributed by atoms with Gasteiger partial charge in [-0.2, -0.15) is 0 Å². The fourth-order valence-electron chi connectivity index (χ4n) is 2.62. The van der Waals surface area contributed by atoms with E-state index in [0.29, 0.717) is 13.0 Å². The van der Waals surface area contributed by atoms with Crippen LogP contribution in [0.25, 0.3) is 0 Å². The minimum Gasteiger partial charge on any atom is -0.492 e. The van der Waals surface area contributed by atoms with Crippen LogP contribution in [0.4, 0.5) is 4.79 Å². The molecule has 0 radical (unpaired) electrons. The lowest BCUT2D eigenvalue weighted by atomic mass is 10.1. The van der Waals surface area contributed by atoms with Gasteiger partial charge in [0.2, 0.25) is 5.91 Å². The second-order valence-corrected chi connectivity index (χ2v) is 7.09. The number of allylic oxidation sites excluding steroid dienone is 2. The van der Waals surface area contributed by atoms with Crippen LogP contribution < -0.4 is 15.4 Å². The Morgan fingerprint density at radius 3 is 2.64 bits per heavy atom. The minimum atomic E-state index is -0.335. The van der Waals surface area contributed by atoms with Crippen molar-refractivity contribution in [2.24, 2.45) is 0 Å². The number of thioether (sulfide) groups is 1. The summed E-state index contributed by atoms with van der Waals surface area (Å²) in [5.41, 5.74) is 1.01. The van der Waals surface area contributed by atoms with Gasteiger partial charge in [-0.05, 0) is 49.5 Å². The molecule has 3 rings (SSSR count). The molecule has 1 aromatic carbocycles. The zero-order chi connectivity index (χ0) is 17.6. The molecule has 1 unspecified atom stereocenters. The maximum Gasteiger partial charge on any atom is 0.286 e. The lowest BCUT2D eigenvalue weighted by molar-refractivity contribution is -0.118. The summed E-state index contributed by atoms with van der Waals surface area (Å²) in [6, 6.07) is 7.67. The van der Waals surface area contributed by atoms with Gasteiger partial charge in [0.25, 0.3) is 5.24 Å². The van der Waals surface area contributed by atoms with Crippen LogP contribution in [0.2, 0.25) is 0 Å². The van der Waals surface area contributed by atoms with Gasteiger partial charge in [0.1, 0.15) is 12.4 Å². The molecule has 6 nitrogen and oxygen atoms in total. The summed E-state index contributed by atoms with van der Waals surface area (Å²) in [6.07, 6.45) is 8.74. The first-order valence-electron chi connectivity index (χ1n) is 8.15. The number of hydrogen-bond donors (Lipinski definition) is 2. The molecule has 2 aliphatic heterocycles. The number of nitrogens with zero attached hydrogens (tertiary/aromatic N) is 1. The number of hydrogen-bond acceptors (Lipinski definition) is 6. The van der Waals surface area contributed by atoms with Crippen molar-refractivity contribution in [1.82, 2.24) is 15.5 Å². The van der Waals surface area contributed by atoms with E-state index in [9.17, 15) is 9.59 Å². The Morgan fingerprint density at radius 2 is 2.00 bits per heavy atom. The molecule has 0 aliphatic carbocycles. The highest BCUT2D eigenvalue weighted by Crippen LogP contribution is 2.23. The molecule has 7 heteroatoms. The number of imide groups is 1. The molecular formula is C18H21N3O3S. The van der Waals surface area contributed by atoms with Crippen LogP contribution >= 0.6 is 11.8 Å². The third kappa shape index (κ3) is 4.87. The molecule has 2 heterocycles. The van der Waals surface area contributed by atoms with Crippen molar-refractivity contribution in [3.8, 4) is 5.75 Å². The number of nitrogens with one attached hydrogen (secondary N) is 2. The molecule has 1 saturated heterocycles. The van der Waals surface area contributed by atoms with Crippen molar-refractivity contribution >= 4 is 22.9 Å². The summed E-state index contributed by atoms with van der Waals surface area (Å²) >= 11 is 1.05. The summed E-state index contributed by atoms with van der Waals surface area (Å²) in [5, 5.41) is 4.96. The number of carbonyl (C=O) groups excluding carboxylic acids is 2. The van der Waals surface area contributed by atoms with E-state index in [-0.39, 0.29) is 22.6 Å². The summed E-state index contributed by atoms with van der Waals surface area (Å²) in [7, 11) is 2.04. The molecule has 2 amide bonds. The number of benzene rings is 1. The van der Waals surface area contributed by atoms with E-state index in [2.05, 4.69) is 21.6 Å². The second-order valence-electron chi connectivity index (χ2n) is 5.92. The smallest absolute Gasteiger partial charge is 0.286 e. The topological polar surface area (TPSA) is 70.7 Å². The monoisotopic (exact) mass is 359 g/mol. The van der Waals surface area contributed by atoms with Crippen LogP contribution in [0.15, 0.2) is 48.7 Å². The number of ether oxygens (including phenoxy) is 1. The number of rotatable bonds is 7. The third-order valence-corrected chi connectivity index (χ3v) is 5.05. The molecular weight excluding hydrogens is 338 g/mol. The third-order valence-electron chi connectivity index (χ3n) is 4.07. The fourth-order valence-corrected chi connectivity index (χ4v) is 3.48. The van der Waals surface area contributed by atoms with Crippen LogP contribution in [0.3, 0.4) is 0 Å². The average molecular weight is 359 g/mol. The molecule has 2 N–H and O–H groups in total. The molecule has 132 valence electrons. The Balaban J connectivity index is 1.43. The average Bonchev–Trinajstić information content (AvgIpc) is 2.94. The van der Waals surface area contributed by atoms with Gasteiger partial charge < -0.3 is 10.1 Å². The normalized spacial score (nSPS) is 22.2. The SMILES string of the molecule is CN(CCOc1ccc(C[C@H]2SC(=O)NC2=O)cc1)C1C=CC=CN1. The summed E-state index contributed by atoms with van der Waals surface area (Å²) in [6.45, 7) is 1.37. The highest BCUT2D eigenvalue weighted by atomic mass is 32.2. The Kier molecular flexibility index (Phi) is 5.78. The van der Waals surface area contributed by atoms with E-state index in [1.807, 2.05) is 49.7 Å². The second kappa shape index (κ2) is 8.22. The molecule has 0 bridgehead atoms. The van der Waals surface area contributed by atoms with Gasteiger partial charge in [0.05, 0.1) is 11.4 Å². The van der Waals surface area contributed by atoms with Gasteiger partial charge >= 0.3 is 0 Å². The quantitative estimate of drug-likeness (QED) is 0.775. The fraction of sp³-hybridized carbons (Fsp3) is 0.333. The maximum absolute atomic E-state index is 11.6. The summed E-state index contributed by atoms with van der Waals surface area (Å²) < 4.78 is 5.78. The van der Waals surface area contributed by atoms with Crippen molar-refractivity contribution in [3.63, 3.8) is 0 Å². The first-order chi connectivity index (χ1) is 12.1. The van der Waals surface area contributed by atoms with Gasteiger partial charge in [0.15, 0.2) is 0 Å². The van der Waals surface area contributed by atoms with Crippen molar-refractivity contribution < 1.29 is 14.3 Å². The van der Waals surface area contributed by atoms with Crippen molar-refractivity contribution in [2.75, 3.05) is 20.2 Å². The molecule has 0 spiro atoms. The van der Waals surface area contributed by atoms with E-state index >= 15 is 0 Å². The lowest BCUT2D eigenvalue weighted by Crippen LogP contribution is -2.42. The van der Waals surface area contributed by atoms with Gasteiger partial charge in [-0.3, -0.25) is 19.8 Å². The van der Waals surface area contributed by atoms with Gasteiger partial charge in [-0.1, -0.05) is 30.0 Å². The number of amides is 2. The molecule has 2 atom stereocenters. The summed E-state index contributed by atoms with van der Waals surface area (Å²) in [5.74, 6) is 0.586. The zero-order valence-corrected chi connectivity index (χ0v) is 14.8. The molecule has 1 fully saturated rings. The van der Waals surface area contributed by atoms with E-state index in [0.717, 1.165) is 29.6 Å². The van der Waals surface area contributed by atoms with Gasteiger partial charge in [-0.15, -0.1) is 0 Å². The molecule has 1 aromatic rings. The predicted molar refractivity (Wildman–Crippen MR) is 98.4 cm³/mol. The van der Waals surface area contributed by atoms with E-state index < -0.39 is 0 Å². The maximum atomic E-state index is 11.6. The highest BCUT2D eigenvalue weighted by Gasteiger charge is 2.31. The van der Waals surface area contributed by atoms with Crippen LogP contribution in [-0.4, -0.2) is 47.7 Å². The van der Waals surface area contributed by atoms with Crippen LogP contribution in [-0.2, 0) is 11.2 Å². The van der Waals surface area contributed by atoms with Crippen molar-refractivity contribution in [1.29, 1.82) is 0 Å². The van der Waals surface area contributed by atoms with Gasteiger partial charge in [-0.25, -0.2) is 0 Å². The number of dihydropyridines is 1. The molecule has 0 saturated carbocycles. The van der Waals surface area contributed by atoms with Crippen molar-refractivity contribution in [3.05, 3.63) is 54.3 Å². The van der Waals surface area contributed by atoms with Crippen LogP contribution in [0, 0.1) is 0 Å². The molecule has 25 heavy (non-hydrogen) atoms. The first kappa shape index (κ1) is 17.6. The number of likely N-dealkylation sites (N-methyl/N-ethyl adjacent to an activating group) is 1. The van der Waals surface area contributed by atoms with E-state index in [4.69, 9.17) is 4.74 Å². The van der Waals surface area contributed by atoms with Gasteiger partial charge in [0, 0.05) is 6.54 Å². The Bertz CT molecular complexity index is 687. The number of carbonyl (C=O) groups is 2. The Labute approximate surface area is 151 Å². The molecule has 0 aromatic heterocycles. The van der Waals surface area contributed by atoms with Crippen LogP contribution in [0.1, 0.15) is 5.56 Å². The molecule has 2 aliphatic rings. The van der Waals surface area contributed by atoms with Crippen LogP contribution in [0.5, 0.6) is 5.75 Å². The van der Waals surface area contributed by atoms with E-state index in [1.54, 1.807) is 0 Å². The largest absolute Gasteiger partial charge is 0.492 e. The first-order valence-corrected chi connectivity index (χ1v) is 9.02. The zero-order valence-electron chi connectivity index (χ0n) is 14.0. The van der Waals surface area contributed by atoms with Crippen molar-refractivity contribution in [2.45, 2.75) is 17.8 Å². The Hall–Kier alpha value is -2.25. The predicted octanol–water partition coefficient (Wildman–Crippen LogP) is 1.89. The minimum absolute atomic E-state index is 0.189. The highest BCUT2D eigenvalue weighted by molar-refractivity contribution is 8.15. The lowest BCUT2D eigenvalue weighted by Gasteiger charge is -2.26. The summed E-state index contributed by atoms with van der Waals surface area (Å²) in [4.78, 5) is 25.0.